The number of rotatable bonds is 0. The Kier molecular flexibility index (Phi) is 5.74. The van der Waals surface area contributed by atoms with E-state index in [0.717, 1.165) is 6.92 Å². The van der Waals surface area contributed by atoms with Gasteiger partial charge in [0.15, 0.2) is 5.79 Å². The Balaban J connectivity index is 0.000000423. The molecule has 0 unspecified atom stereocenters. The van der Waals surface area contributed by atoms with E-state index in [1.165, 1.54) is 0 Å². The minimum absolute atomic E-state index is 0.244. The highest BCUT2D eigenvalue weighted by molar-refractivity contribution is 5.62. The fraction of sp³-hybridized carbons (Fsp3) is 0.889. The minimum atomic E-state index is -0.833. The molecule has 0 bridgehead atoms. The molecule has 0 aromatic heterocycles. The Morgan fingerprint density at radius 3 is 2.27 bits per heavy atom. The molecular formula is C9H19NO5. The molecule has 1 fully saturated rings. The zero-order valence-corrected chi connectivity index (χ0v) is 9.27. The van der Waals surface area contributed by atoms with Crippen LogP contribution < -0.4 is 5.73 Å². The molecule has 1 heterocycles. The van der Waals surface area contributed by atoms with Crippen molar-refractivity contribution in [1.82, 2.24) is 0 Å². The molecule has 0 amide bonds. The van der Waals surface area contributed by atoms with Crippen LogP contribution in [0.2, 0.25) is 0 Å². The van der Waals surface area contributed by atoms with Crippen molar-refractivity contribution in [1.29, 1.82) is 0 Å². The Morgan fingerprint density at radius 1 is 1.40 bits per heavy atom. The zero-order chi connectivity index (χ0) is 12.1. The van der Waals surface area contributed by atoms with Crippen molar-refractivity contribution in [2.24, 2.45) is 5.73 Å². The van der Waals surface area contributed by atoms with Crippen molar-refractivity contribution in [3.63, 3.8) is 0 Å². The Labute approximate surface area is 89.0 Å². The number of carbonyl (C=O) groups is 1. The Hall–Kier alpha value is -0.690. The van der Waals surface area contributed by atoms with Crippen molar-refractivity contribution >= 4 is 5.97 Å². The van der Waals surface area contributed by atoms with Crippen LogP contribution in [0.4, 0.5) is 0 Å². The van der Waals surface area contributed by atoms with Crippen LogP contribution >= 0.6 is 0 Å². The van der Waals surface area contributed by atoms with Crippen LogP contribution in [0.15, 0.2) is 0 Å². The SMILES string of the molecule is CC(=O)O.CC1(C)OC[C@H](N)[C@@H](O)CO1. The normalized spacial score (nSPS) is 29.7. The third-order valence-corrected chi connectivity index (χ3v) is 1.72. The number of aliphatic hydroxyl groups is 1. The average molecular weight is 221 g/mol. The fourth-order valence-corrected chi connectivity index (χ4v) is 0.859. The second-order valence-corrected chi connectivity index (χ2v) is 3.77. The number of nitrogens with two attached hydrogens (primary N) is 1. The first-order valence-electron chi connectivity index (χ1n) is 4.65. The van der Waals surface area contributed by atoms with E-state index in [1.54, 1.807) is 13.8 Å². The minimum Gasteiger partial charge on any atom is -0.481 e. The van der Waals surface area contributed by atoms with Gasteiger partial charge in [-0.1, -0.05) is 0 Å². The first-order valence-corrected chi connectivity index (χ1v) is 4.65. The highest BCUT2D eigenvalue weighted by atomic mass is 16.7. The van der Waals surface area contributed by atoms with E-state index in [0.29, 0.717) is 6.61 Å². The largest absolute Gasteiger partial charge is 0.481 e. The van der Waals surface area contributed by atoms with Gasteiger partial charge in [-0.2, -0.15) is 0 Å². The molecule has 1 rings (SSSR count). The average Bonchev–Trinajstić information content (AvgIpc) is 2.18. The summed E-state index contributed by atoms with van der Waals surface area (Å²) in [5.74, 6) is -1.45. The zero-order valence-electron chi connectivity index (χ0n) is 9.27. The van der Waals surface area contributed by atoms with Crippen LogP contribution in [0.1, 0.15) is 20.8 Å². The molecular weight excluding hydrogens is 202 g/mol. The number of hydrogen-bond acceptors (Lipinski definition) is 5. The summed E-state index contributed by atoms with van der Waals surface area (Å²) >= 11 is 0. The van der Waals surface area contributed by atoms with Crippen LogP contribution in [0.3, 0.4) is 0 Å². The second kappa shape index (κ2) is 6.02. The summed E-state index contributed by atoms with van der Waals surface area (Å²) in [6.45, 7) is 5.28. The summed E-state index contributed by atoms with van der Waals surface area (Å²) in [4.78, 5) is 9.00. The third kappa shape index (κ3) is 7.26. The number of carboxylic acid groups (broad SMARTS) is 1. The van der Waals surface area contributed by atoms with Gasteiger partial charge in [0, 0.05) is 6.92 Å². The molecule has 0 spiro atoms. The van der Waals surface area contributed by atoms with E-state index in [9.17, 15) is 5.11 Å². The molecule has 2 atom stereocenters. The molecule has 0 aromatic carbocycles. The maximum absolute atomic E-state index is 9.26. The molecule has 0 aliphatic carbocycles. The van der Waals surface area contributed by atoms with Crippen molar-refractivity contribution in [3.8, 4) is 0 Å². The highest BCUT2D eigenvalue weighted by Crippen LogP contribution is 2.16. The standard InChI is InChI=1S/C7H15NO3.C2H4O2/c1-7(2)10-3-5(8)6(9)4-11-7;1-2(3)4/h5-6,9H,3-4,8H2,1-2H3;1H3,(H,3,4)/t5-,6-;/m0./s1. The first kappa shape index (κ1) is 14.3. The predicted octanol–water partition coefficient (Wildman–Crippen LogP) is -0.452. The van der Waals surface area contributed by atoms with Crippen molar-refractivity contribution in [2.45, 2.75) is 38.7 Å². The lowest BCUT2D eigenvalue weighted by Crippen LogP contribution is -2.39. The molecule has 15 heavy (non-hydrogen) atoms. The van der Waals surface area contributed by atoms with Gasteiger partial charge in [-0.15, -0.1) is 0 Å². The maximum atomic E-state index is 9.26. The monoisotopic (exact) mass is 221 g/mol. The molecule has 0 radical (unpaired) electrons. The van der Waals surface area contributed by atoms with Crippen LogP contribution in [0.5, 0.6) is 0 Å². The van der Waals surface area contributed by atoms with E-state index in [1.807, 2.05) is 0 Å². The van der Waals surface area contributed by atoms with Crippen LogP contribution in [0, 0.1) is 0 Å². The van der Waals surface area contributed by atoms with E-state index >= 15 is 0 Å². The number of ether oxygens (including phenoxy) is 2. The third-order valence-electron chi connectivity index (χ3n) is 1.72. The second-order valence-electron chi connectivity index (χ2n) is 3.77. The summed E-state index contributed by atoms with van der Waals surface area (Å²) in [7, 11) is 0. The van der Waals surface area contributed by atoms with Crippen LogP contribution in [0.25, 0.3) is 0 Å². The van der Waals surface area contributed by atoms with E-state index in [-0.39, 0.29) is 12.6 Å². The summed E-state index contributed by atoms with van der Waals surface area (Å²) in [6, 6.07) is -0.336. The summed E-state index contributed by atoms with van der Waals surface area (Å²) in [6.07, 6.45) is -0.614. The lowest BCUT2D eigenvalue weighted by Gasteiger charge is -2.22. The van der Waals surface area contributed by atoms with Gasteiger partial charge in [-0.05, 0) is 13.8 Å². The molecule has 0 aromatic rings. The van der Waals surface area contributed by atoms with Crippen molar-refractivity contribution < 1.29 is 24.5 Å². The number of aliphatic hydroxyl groups excluding tert-OH is 1. The molecule has 1 saturated heterocycles. The predicted molar refractivity (Wildman–Crippen MR) is 53.3 cm³/mol. The summed E-state index contributed by atoms with van der Waals surface area (Å²) in [5.41, 5.74) is 5.54. The van der Waals surface area contributed by atoms with E-state index < -0.39 is 17.9 Å². The van der Waals surface area contributed by atoms with Gasteiger partial charge in [0.05, 0.1) is 25.4 Å². The molecule has 0 saturated carbocycles. The number of carboxylic acids is 1. The molecule has 6 heteroatoms. The quantitative estimate of drug-likeness (QED) is 0.512. The van der Waals surface area contributed by atoms with Crippen LogP contribution in [-0.2, 0) is 14.3 Å². The molecule has 6 nitrogen and oxygen atoms in total. The Bertz CT molecular complexity index is 189. The molecule has 1 aliphatic heterocycles. The van der Waals surface area contributed by atoms with Gasteiger partial charge in [0.25, 0.3) is 5.97 Å². The van der Waals surface area contributed by atoms with Gasteiger partial charge in [-0.25, -0.2) is 0 Å². The number of hydrogen-bond donors (Lipinski definition) is 3. The van der Waals surface area contributed by atoms with Crippen molar-refractivity contribution in [3.05, 3.63) is 0 Å². The van der Waals surface area contributed by atoms with Crippen molar-refractivity contribution in [2.75, 3.05) is 13.2 Å². The lowest BCUT2D eigenvalue weighted by atomic mass is 10.2. The van der Waals surface area contributed by atoms with Crippen LogP contribution in [-0.4, -0.2) is 47.3 Å². The van der Waals surface area contributed by atoms with E-state index in [4.69, 9.17) is 25.1 Å². The highest BCUT2D eigenvalue weighted by Gasteiger charge is 2.28. The fourth-order valence-electron chi connectivity index (χ4n) is 0.859. The molecule has 1 aliphatic rings. The smallest absolute Gasteiger partial charge is 0.300 e. The number of aliphatic carboxylic acids is 1. The van der Waals surface area contributed by atoms with E-state index in [2.05, 4.69) is 0 Å². The molecule has 4 N–H and O–H groups in total. The summed E-state index contributed by atoms with van der Waals surface area (Å²) < 4.78 is 10.5. The van der Waals surface area contributed by atoms with Gasteiger partial charge in [-0.3, -0.25) is 4.79 Å². The van der Waals surface area contributed by atoms with Gasteiger partial charge in [0.2, 0.25) is 0 Å². The Morgan fingerprint density at radius 2 is 1.80 bits per heavy atom. The summed E-state index contributed by atoms with van der Waals surface area (Å²) in [5, 5.41) is 16.7. The van der Waals surface area contributed by atoms with Gasteiger partial charge in [0.1, 0.15) is 0 Å². The van der Waals surface area contributed by atoms with Gasteiger partial charge >= 0.3 is 0 Å². The topological polar surface area (TPSA) is 102 Å². The maximum Gasteiger partial charge on any atom is 0.300 e. The molecule has 90 valence electrons. The van der Waals surface area contributed by atoms with Gasteiger partial charge < -0.3 is 25.4 Å². The first-order chi connectivity index (χ1) is 6.74. The lowest BCUT2D eigenvalue weighted by molar-refractivity contribution is -0.203.